The van der Waals surface area contributed by atoms with Crippen molar-refractivity contribution in [1.29, 1.82) is 0 Å². The molecule has 1 saturated heterocycles. The van der Waals surface area contributed by atoms with Crippen molar-refractivity contribution in [1.82, 2.24) is 0 Å². The van der Waals surface area contributed by atoms with Crippen LogP contribution >= 0.6 is 11.8 Å². The first-order valence-corrected chi connectivity index (χ1v) is 8.22. The highest BCUT2D eigenvalue weighted by Crippen LogP contribution is 2.39. The number of esters is 2. The molecular weight excluding hydrogens is 334 g/mol. The Hall–Kier alpha value is -2.35. The van der Waals surface area contributed by atoms with Gasteiger partial charge in [-0.3, -0.25) is 0 Å². The molecular formula is C16H19NO6S. The first-order chi connectivity index (χ1) is 11.3. The van der Waals surface area contributed by atoms with Gasteiger partial charge >= 0.3 is 11.9 Å². The molecule has 1 aliphatic heterocycles. The average Bonchev–Trinajstić information content (AvgIpc) is 2.58. The molecule has 130 valence electrons. The van der Waals surface area contributed by atoms with E-state index in [1.807, 2.05) is 0 Å². The van der Waals surface area contributed by atoms with Crippen LogP contribution in [0.5, 0.6) is 11.5 Å². The Balaban J connectivity index is 2.40. The predicted molar refractivity (Wildman–Crippen MR) is 90.2 cm³/mol. The zero-order chi connectivity index (χ0) is 18.0. The molecule has 7 nitrogen and oxygen atoms in total. The van der Waals surface area contributed by atoms with E-state index in [4.69, 9.17) is 18.9 Å². The molecule has 1 aromatic rings. The van der Waals surface area contributed by atoms with Gasteiger partial charge in [0.25, 0.3) is 10.7 Å². The maximum atomic E-state index is 12.5. The standard InChI is InChI=1S/C16H19NO6S/c1-6-15(2)22-13(18)16(24-5,14(19)23-15)17-11-8-7-10(20-3)9-12(11)21-4/h6-9,17H,1H2,2-5H3. The highest BCUT2D eigenvalue weighted by atomic mass is 32.2. The number of benzene rings is 1. The van der Waals surface area contributed by atoms with E-state index in [-0.39, 0.29) is 0 Å². The fourth-order valence-corrected chi connectivity index (χ4v) is 2.74. The SMILES string of the molecule is C=CC1(C)OC(=O)C(Nc2ccc(OC)cc2OC)(SC)C(=O)O1. The number of carbonyl (C=O) groups is 2. The van der Waals surface area contributed by atoms with Crippen LogP contribution in [-0.2, 0) is 19.1 Å². The Bertz CT molecular complexity index is 657. The number of rotatable bonds is 6. The van der Waals surface area contributed by atoms with Crippen LogP contribution in [0.15, 0.2) is 30.9 Å². The fourth-order valence-electron chi connectivity index (χ4n) is 2.11. The summed E-state index contributed by atoms with van der Waals surface area (Å²) < 4.78 is 20.9. The van der Waals surface area contributed by atoms with Crippen molar-refractivity contribution >= 4 is 29.4 Å². The lowest BCUT2D eigenvalue weighted by atomic mass is 10.2. The van der Waals surface area contributed by atoms with Crippen LogP contribution < -0.4 is 14.8 Å². The monoisotopic (exact) mass is 353 g/mol. The van der Waals surface area contributed by atoms with Crippen LogP contribution in [0.4, 0.5) is 5.69 Å². The Morgan fingerprint density at radius 2 is 1.83 bits per heavy atom. The lowest BCUT2D eigenvalue weighted by molar-refractivity contribution is -0.225. The van der Waals surface area contributed by atoms with E-state index in [0.29, 0.717) is 17.2 Å². The summed E-state index contributed by atoms with van der Waals surface area (Å²) >= 11 is 0.963. The maximum absolute atomic E-state index is 12.5. The van der Waals surface area contributed by atoms with E-state index in [1.165, 1.54) is 27.2 Å². The number of cyclic esters (lactones) is 2. The normalized spacial score (nSPS) is 26.2. The minimum atomic E-state index is -1.75. The van der Waals surface area contributed by atoms with E-state index in [1.54, 1.807) is 24.5 Å². The first kappa shape index (κ1) is 18.0. The minimum Gasteiger partial charge on any atom is -0.497 e. The third kappa shape index (κ3) is 3.01. The van der Waals surface area contributed by atoms with Gasteiger partial charge in [-0.2, -0.15) is 0 Å². The molecule has 1 N–H and O–H groups in total. The van der Waals surface area contributed by atoms with Crippen LogP contribution in [0.1, 0.15) is 6.92 Å². The summed E-state index contributed by atoms with van der Waals surface area (Å²) in [6.45, 7) is 4.95. The molecule has 0 amide bonds. The van der Waals surface area contributed by atoms with Gasteiger partial charge in [-0.05, 0) is 24.5 Å². The molecule has 0 aliphatic carbocycles. The number of hydrogen-bond acceptors (Lipinski definition) is 8. The number of thioether (sulfide) groups is 1. The Kier molecular flexibility index (Phi) is 4.98. The fraction of sp³-hybridized carbons (Fsp3) is 0.375. The largest absolute Gasteiger partial charge is 0.497 e. The van der Waals surface area contributed by atoms with Gasteiger partial charge in [0, 0.05) is 13.0 Å². The summed E-state index contributed by atoms with van der Waals surface area (Å²) in [5, 5.41) is 2.88. The van der Waals surface area contributed by atoms with Crippen molar-refractivity contribution in [3.8, 4) is 11.5 Å². The number of methoxy groups -OCH3 is 2. The molecule has 24 heavy (non-hydrogen) atoms. The van der Waals surface area contributed by atoms with Gasteiger partial charge in [0.05, 0.1) is 19.9 Å². The van der Waals surface area contributed by atoms with Crippen molar-refractivity contribution < 1.29 is 28.5 Å². The second kappa shape index (κ2) is 6.64. The van der Waals surface area contributed by atoms with E-state index < -0.39 is 22.6 Å². The van der Waals surface area contributed by atoms with Crippen molar-refractivity contribution in [3.63, 3.8) is 0 Å². The first-order valence-electron chi connectivity index (χ1n) is 7.00. The van der Waals surface area contributed by atoms with Gasteiger partial charge in [-0.25, -0.2) is 9.59 Å². The Labute approximate surface area is 144 Å². The van der Waals surface area contributed by atoms with Gasteiger partial charge in [0.15, 0.2) is 0 Å². The molecule has 1 aromatic carbocycles. The molecule has 0 aromatic heterocycles. The van der Waals surface area contributed by atoms with Crippen LogP contribution in [0, 0.1) is 0 Å². The van der Waals surface area contributed by atoms with Gasteiger partial charge in [0.1, 0.15) is 11.5 Å². The number of carbonyl (C=O) groups excluding carboxylic acids is 2. The van der Waals surface area contributed by atoms with Gasteiger partial charge in [-0.15, -0.1) is 11.8 Å². The van der Waals surface area contributed by atoms with Gasteiger partial charge < -0.3 is 24.3 Å². The van der Waals surface area contributed by atoms with Crippen molar-refractivity contribution in [2.75, 3.05) is 25.8 Å². The maximum Gasteiger partial charge on any atom is 0.358 e. The minimum absolute atomic E-state index is 0.403. The van der Waals surface area contributed by atoms with Crippen molar-refractivity contribution in [2.24, 2.45) is 0 Å². The number of nitrogens with one attached hydrogen (secondary N) is 1. The zero-order valence-corrected chi connectivity index (χ0v) is 14.7. The summed E-state index contributed by atoms with van der Waals surface area (Å²) in [7, 11) is 3.00. The van der Waals surface area contributed by atoms with Gasteiger partial charge in [-0.1, -0.05) is 6.58 Å². The Morgan fingerprint density at radius 3 is 2.29 bits per heavy atom. The second-order valence-corrected chi connectivity index (χ2v) is 6.10. The zero-order valence-electron chi connectivity index (χ0n) is 13.9. The number of ether oxygens (including phenoxy) is 4. The Morgan fingerprint density at radius 1 is 1.21 bits per heavy atom. The van der Waals surface area contributed by atoms with Gasteiger partial charge in [0.2, 0.25) is 0 Å². The average molecular weight is 353 g/mol. The van der Waals surface area contributed by atoms with Crippen LogP contribution in [0.2, 0.25) is 0 Å². The molecule has 0 saturated carbocycles. The quantitative estimate of drug-likeness (QED) is 0.361. The van der Waals surface area contributed by atoms with Crippen molar-refractivity contribution in [3.05, 3.63) is 30.9 Å². The number of anilines is 1. The number of hydrogen-bond donors (Lipinski definition) is 1. The molecule has 8 heteroatoms. The van der Waals surface area contributed by atoms with Crippen LogP contribution in [0.3, 0.4) is 0 Å². The summed E-state index contributed by atoms with van der Waals surface area (Å²) in [6.07, 6.45) is 2.85. The summed E-state index contributed by atoms with van der Waals surface area (Å²) in [4.78, 5) is 23.3. The molecule has 0 spiro atoms. The van der Waals surface area contributed by atoms with Crippen LogP contribution in [0.25, 0.3) is 0 Å². The summed E-state index contributed by atoms with van der Waals surface area (Å²) in [6, 6.07) is 4.94. The molecule has 0 unspecified atom stereocenters. The topological polar surface area (TPSA) is 83.1 Å². The molecule has 0 atom stereocenters. The molecule has 1 fully saturated rings. The third-order valence-corrected chi connectivity index (χ3v) is 4.61. The van der Waals surface area contributed by atoms with Crippen molar-refractivity contribution in [2.45, 2.75) is 17.6 Å². The molecule has 2 rings (SSSR count). The molecule has 1 aliphatic rings. The lowest BCUT2D eigenvalue weighted by Crippen LogP contribution is -2.61. The van der Waals surface area contributed by atoms with E-state index >= 15 is 0 Å². The summed E-state index contributed by atoms with van der Waals surface area (Å²) in [5.41, 5.74) is 0.420. The smallest absolute Gasteiger partial charge is 0.358 e. The molecule has 1 heterocycles. The lowest BCUT2D eigenvalue weighted by Gasteiger charge is -2.40. The predicted octanol–water partition coefficient (Wildman–Crippen LogP) is 2.18. The molecule has 0 bridgehead atoms. The van der Waals surface area contributed by atoms with E-state index in [0.717, 1.165) is 11.8 Å². The second-order valence-electron chi connectivity index (χ2n) is 5.08. The summed E-state index contributed by atoms with van der Waals surface area (Å²) in [5.74, 6) is -2.05. The third-order valence-electron chi connectivity index (χ3n) is 3.56. The van der Waals surface area contributed by atoms with E-state index in [9.17, 15) is 9.59 Å². The molecule has 0 radical (unpaired) electrons. The van der Waals surface area contributed by atoms with E-state index in [2.05, 4.69) is 11.9 Å². The highest BCUT2D eigenvalue weighted by molar-refractivity contribution is 8.01. The highest BCUT2D eigenvalue weighted by Gasteiger charge is 2.57. The van der Waals surface area contributed by atoms with Crippen LogP contribution in [-0.4, -0.2) is 43.1 Å².